The summed E-state index contributed by atoms with van der Waals surface area (Å²) in [5.41, 5.74) is 1.31. The van der Waals surface area contributed by atoms with Gasteiger partial charge >= 0.3 is 0 Å². The topological polar surface area (TPSA) is 0 Å². The fourth-order valence-corrected chi connectivity index (χ4v) is 2.41. The van der Waals surface area contributed by atoms with Crippen molar-refractivity contribution in [2.45, 2.75) is 48.5 Å². The molecule has 3 aromatic rings. The van der Waals surface area contributed by atoms with Crippen molar-refractivity contribution in [3.8, 4) is 0 Å². The van der Waals surface area contributed by atoms with Gasteiger partial charge in [-0.3, -0.25) is 0 Å². The van der Waals surface area contributed by atoms with Crippen LogP contribution in [-0.2, 0) is 0 Å². The first-order valence-corrected chi connectivity index (χ1v) is 9.00. The van der Waals surface area contributed by atoms with Crippen molar-refractivity contribution in [2.75, 3.05) is 0 Å². The molecule has 1 unspecified atom stereocenters. The monoisotopic (exact) mass is 314 g/mol. The van der Waals surface area contributed by atoms with E-state index in [2.05, 4.69) is 64.7 Å². The van der Waals surface area contributed by atoms with E-state index in [-0.39, 0.29) is 0 Å². The van der Waals surface area contributed by atoms with Gasteiger partial charge in [0.05, 0.1) is 0 Å². The van der Waals surface area contributed by atoms with Crippen molar-refractivity contribution in [1.82, 2.24) is 0 Å². The number of fused-ring (bicyclic) bond motifs is 2. The second-order valence-corrected chi connectivity index (χ2v) is 4.98. The molecule has 3 aromatic carbocycles. The van der Waals surface area contributed by atoms with Crippen LogP contribution >= 0.6 is 9.24 Å². The van der Waals surface area contributed by atoms with Crippen molar-refractivity contribution >= 4 is 36.1 Å². The molecule has 0 spiro atoms. The molecule has 0 bridgehead atoms. The molecular weight excluding hydrogens is 283 g/mol. The SMILES string of the molecule is CC.CC.CC.Cc1ccc2cc3cc(P)ccc3cc2c1. The van der Waals surface area contributed by atoms with E-state index in [0.29, 0.717) is 0 Å². The first kappa shape index (κ1) is 20.6. The van der Waals surface area contributed by atoms with Crippen LogP contribution in [0.3, 0.4) is 0 Å². The van der Waals surface area contributed by atoms with Crippen LogP contribution in [0.5, 0.6) is 0 Å². The molecule has 3 rings (SSSR count). The van der Waals surface area contributed by atoms with Gasteiger partial charge in [0.1, 0.15) is 0 Å². The van der Waals surface area contributed by atoms with Crippen molar-refractivity contribution in [2.24, 2.45) is 0 Å². The second kappa shape index (κ2) is 11.2. The Morgan fingerprint density at radius 1 is 0.545 bits per heavy atom. The maximum absolute atomic E-state index is 2.75. The number of benzene rings is 3. The molecule has 0 saturated carbocycles. The lowest BCUT2D eigenvalue weighted by Crippen LogP contribution is -1.88. The highest BCUT2D eigenvalue weighted by Crippen LogP contribution is 2.23. The summed E-state index contributed by atoms with van der Waals surface area (Å²) < 4.78 is 0. The average Bonchev–Trinajstić information content (AvgIpc) is 2.58. The van der Waals surface area contributed by atoms with E-state index in [0.717, 1.165) is 0 Å². The molecule has 0 aliphatic heterocycles. The first-order valence-electron chi connectivity index (χ1n) is 8.42. The Kier molecular flexibility index (Phi) is 10.5. The molecule has 0 aromatic heterocycles. The zero-order chi connectivity index (χ0) is 17.1. The highest BCUT2D eigenvalue weighted by Gasteiger charge is 1.98. The molecule has 0 N–H and O–H groups in total. The Balaban J connectivity index is 0.000000661. The molecule has 0 amide bonds. The molecule has 0 fully saturated rings. The minimum atomic E-state index is 1.24. The van der Waals surface area contributed by atoms with E-state index in [1.807, 2.05) is 41.5 Å². The molecule has 120 valence electrons. The number of hydrogen-bond donors (Lipinski definition) is 0. The maximum atomic E-state index is 2.75. The molecule has 0 radical (unpaired) electrons. The molecule has 0 aliphatic rings. The third-order valence-electron chi connectivity index (χ3n) is 2.98. The lowest BCUT2D eigenvalue weighted by atomic mass is 10.0. The summed E-state index contributed by atoms with van der Waals surface area (Å²) in [7, 11) is 2.75. The second-order valence-electron chi connectivity index (χ2n) is 4.31. The van der Waals surface area contributed by atoms with Crippen molar-refractivity contribution in [3.05, 3.63) is 54.1 Å². The van der Waals surface area contributed by atoms with Gasteiger partial charge in [-0.2, -0.15) is 0 Å². The molecule has 0 heterocycles. The van der Waals surface area contributed by atoms with Crippen molar-refractivity contribution in [3.63, 3.8) is 0 Å². The Hall–Kier alpha value is -1.39. The molecule has 1 atom stereocenters. The minimum Gasteiger partial charge on any atom is -0.106 e. The van der Waals surface area contributed by atoms with Crippen LogP contribution in [0, 0.1) is 6.92 Å². The Labute approximate surface area is 139 Å². The summed E-state index contributed by atoms with van der Waals surface area (Å²) in [6.07, 6.45) is 0. The smallest absolute Gasteiger partial charge is 0.0171 e. The first-order chi connectivity index (χ1) is 10.7. The predicted octanol–water partition coefficient (Wildman–Crippen LogP) is 6.88. The van der Waals surface area contributed by atoms with E-state index < -0.39 is 0 Å². The van der Waals surface area contributed by atoms with Gasteiger partial charge in [0.25, 0.3) is 0 Å². The Bertz CT molecular complexity index is 622. The highest BCUT2D eigenvalue weighted by atomic mass is 31.0. The van der Waals surface area contributed by atoms with E-state index in [1.165, 1.54) is 32.4 Å². The summed E-state index contributed by atoms with van der Waals surface area (Å²) in [6, 6.07) is 17.6. The predicted molar refractivity (Wildman–Crippen MR) is 110 cm³/mol. The quantitative estimate of drug-likeness (QED) is 0.313. The van der Waals surface area contributed by atoms with Crippen LogP contribution in [0.4, 0.5) is 0 Å². The maximum Gasteiger partial charge on any atom is -0.0171 e. The van der Waals surface area contributed by atoms with Crippen LogP contribution in [-0.4, -0.2) is 0 Å². The largest absolute Gasteiger partial charge is 0.106 e. The highest BCUT2D eigenvalue weighted by molar-refractivity contribution is 7.27. The summed E-state index contributed by atoms with van der Waals surface area (Å²) in [5, 5.41) is 6.49. The van der Waals surface area contributed by atoms with Gasteiger partial charge in [-0.25, -0.2) is 0 Å². The van der Waals surface area contributed by atoms with Gasteiger partial charge in [-0.15, -0.1) is 9.24 Å². The van der Waals surface area contributed by atoms with E-state index in [1.54, 1.807) is 0 Å². The standard InChI is InChI=1S/C15H13P.3C2H6/c1-10-2-3-11-8-14-9-15(16)5-4-12(14)7-13(11)6-10;3*1-2/h2-9H,16H2,1H3;3*1-2H3. The van der Waals surface area contributed by atoms with Gasteiger partial charge in [-0.05, 0) is 52.0 Å². The van der Waals surface area contributed by atoms with Gasteiger partial charge in [0.2, 0.25) is 0 Å². The third kappa shape index (κ3) is 5.43. The van der Waals surface area contributed by atoms with Gasteiger partial charge < -0.3 is 0 Å². The Morgan fingerprint density at radius 2 is 1.00 bits per heavy atom. The van der Waals surface area contributed by atoms with Gasteiger partial charge in [0, 0.05) is 0 Å². The normalized spacial score (nSPS) is 8.91. The van der Waals surface area contributed by atoms with E-state index >= 15 is 0 Å². The van der Waals surface area contributed by atoms with Gasteiger partial charge in [0.15, 0.2) is 0 Å². The van der Waals surface area contributed by atoms with E-state index in [4.69, 9.17) is 0 Å². The lowest BCUT2D eigenvalue weighted by Gasteiger charge is -2.04. The molecular formula is C21H31P. The number of hydrogen-bond acceptors (Lipinski definition) is 0. The zero-order valence-electron chi connectivity index (χ0n) is 15.2. The van der Waals surface area contributed by atoms with Crippen molar-refractivity contribution < 1.29 is 0 Å². The number of aryl methyl sites for hydroxylation is 1. The summed E-state index contributed by atoms with van der Waals surface area (Å²) in [6.45, 7) is 14.1. The van der Waals surface area contributed by atoms with Crippen LogP contribution in [0.1, 0.15) is 47.1 Å². The molecule has 22 heavy (non-hydrogen) atoms. The van der Waals surface area contributed by atoms with Crippen LogP contribution in [0.25, 0.3) is 21.5 Å². The Morgan fingerprint density at radius 3 is 1.55 bits per heavy atom. The van der Waals surface area contributed by atoms with Crippen LogP contribution < -0.4 is 5.30 Å². The minimum absolute atomic E-state index is 1.24. The van der Waals surface area contributed by atoms with E-state index in [9.17, 15) is 0 Å². The summed E-state index contributed by atoms with van der Waals surface area (Å²) in [4.78, 5) is 0. The fourth-order valence-electron chi connectivity index (χ4n) is 2.14. The summed E-state index contributed by atoms with van der Waals surface area (Å²) >= 11 is 0. The average molecular weight is 314 g/mol. The fraction of sp³-hybridized carbons (Fsp3) is 0.333. The number of rotatable bonds is 0. The molecule has 0 saturated heterocycles. The molecule has 1 heteroatoms. The summed E-state index contributed by atoms with van der Waals surface area (Å²) in [5.74, 6) is 0. The molecule has 0 nitrogen and oxygen atoms in total. The van der Waals surface area contributed by atoms with Crippen LogP contribution in [0.2, 0.25) is 0 Å². The third-order valence-corrected chi connectivity index (χ3v) is 3.33. The van der Waals surface area contributed by atoms with Crippen LogP contribution in [0.15, 0.2) is 48.5 Å². The van der Waals surface area contributed by atoms with Crippen molar-refractivity contribution in [1.29, 1.82) is 0 Å². The zero-order valence-corrected chi connectivity index (χ0v) is 16.4. The lowest BCUT2D eigenvalue weighted by molar-refractivity contribution is 1.50. The van der Waals surface area contributed by atoms with Gasteiger partial charge in [-0.1, -0.05) is 77.4 Å². The molecule has 0 aliphatic carbocycles.